The van der Waals surface area contributed by atoms with Gasteiger partial charge in [0.1, 0.15) is 28.2 Å². The lowest BCUT2D eigenvalue weighted by atomic mass is 9.93. The van der Waals surface area contributed by atoms with E-state index in [2.05, 4.69) is 0 Å². The van der Waals surface area contributed by atoms with E-state index in [0.717, 1.165) is 17.4 Å². The summed E-state index contributed by atoms with van der Waals surface area (Å²) in [7, 11) is -1.36. The standard InChI is InChI=1S/C34H33N3O10S2/c1-6-8-26-30(33(39)46-7-2)31(25-18-23(44-4)14-16-28(25)45-5)36-32(38)29(48-34(36)35-26)17-21-10-12-22(13-11-21)47-49(42,43)24-15-9-20(3)27(19-24)37(40)41/h9-19,31H,6-8H2,1-5H3/b29-17-/t31-/m0/s1. The van der Waals surface area contributed by atoms with Crippen molar-refractivity contribution in [1.82, 2.24) is 4.57 Å². The SMILES string of the molecule is CCCC1=C(C(=O)OCC)[C@H](c2cc(OC)ccc2OC)n2c(s/c(=C\c3ccc(OS(=O)(=O)c4ccc(C)c([N+](=O)[O-])c4)cc3)c2=O)=N1. The third kappa shape index (κ3) is 7.12. The summed E-state index contributed by atoms with van der Waals surface area (Å²) in [5, 5.41) is 11.3. The molecule has 5 rings (SSSR count). The molecule has 3 aromatic carbocycles. The molecule has 1 aromatic heterocycles. The number of allylic oxidation sites excluding steroid dienone is 1. The van der Waals surface area contributed by atoms with Crippen molar-refractivity contribution in [2.75, 3.05) is 20.8 Å². The van der Waals surface area contributed by atoms with Gasteiger partial charge in [-0.15, -0.1) is 0 Å². The number of hydrogen-bond acceptors (Lipinski definition) is 12. The lowest BCUT2D eigenvalue weighted by Crippen LogP contribution is -2.40. The molecule has 0 unspecified atom stereocenters. The first kappa shape index (κ1) is 35.0. The number of nitrogens with zero attached hydrogens (tertiary/aromatic N) is 3. The second-order valence-electron chi connectivity index (χ2n) is 10.8. The summed E-state index contributed by atoms with van der Waals surface area (Å²) in [6.45, 7) is 5.30. The van der Waals surface area contributed by atoms with Crippen LogP contribution in [-0.2, 0) is 19.6 Å². The monoisotopic (exact) mass is 707 g/mol. The maximum absolute atomic E-state index is 14.1. The molecule has 0 spiro atoms. The molecule has 0 radical (unpaired) electrons. The molecule has 4 aromatic rings. The molecule has 0 fully saturated rings. The molecule has 0 saturated heterocycles. The third-order valence-corrected chi connectivity index (χ3v) is 9.90. The van der Waals surface area contributed by atoms with Crippen molar-refractivity contribution in [1.29, 1.82) is 0 Å². The highest BCUT2D eigenvalue weighted by molar-refractivity contribution is 7.87. The van der Waals surface area contributed by atoms with Crippen LogP contribution in [-0.4, -0.2) is 44.7 Å². The topological polar surface area (TPSA) is 166 Å². The van der Waals surface area contributed by atoms with Crippen LogP contribution < -0.4 is 28.5 Å². The van der Waals surface area contributed by atoms with Crippen LogP contribution in [0.2, 0.25) is 0 Å². The Balaban J connectivity index is 1.58. The molecule has 0 bridgehead atoms. The van der Waals surface area contributed by atoms with Gasteiger partial charge in [-0.3, -0.25) is 19.5 Å². The molecular formula is C34H33N3O10S2. The van der Waals surface area contributed by atoms with Crippen molar-refractivity contribution in [3.63, 3.8) is 0 Å². The van der Waals surface area contributed by atoms with Crippen molar-refractivity contribution in [3.05, 3.63) is 118 Å². The van der Waals surface area contributed by atoms with Crippen molar-refractivity contribution in [3.8, 4) is 17.2 Å². The zero-order valence-corrected chi connectivity index (χ0v) is 28.9. The quantitative estimate of drug-likeness (QED) is 0.0881. The van der Waals surface area contributed by atoms with Crippen LogP contribution in [0.15, 0.2) is 86.6 Å². The van der Waals surface area contributed by atoms with Gasteiger partial charge in [0.05, 0.1) is 41.6 Å². The summed E-state index contributed by atoms with van der Waals surface area (Å²) in [6, 6.07) is 13.7. The van der Waals surface area contributed by atoms with Crippen molar-refractivity contribution in [2.45, 2.75) is 44.6 Å². The normalized spacial score (nSPS) is 14.6. The third-order valence-electron chi connectivity index (χ3n) is 7.67. The fourth-order valence-electron chi connectivity index (χ4n) is 5.36. The molecule has 1 aliphatic rings. The summed E-state index contributed by atoms with van der Waals surface area (Å²) in [5.74, 6) is 0.311. The summed E-state index contributed by atoms with van der Waals surface area (Å²) in [5.41, 5.74) is 1.36. The van der Waals surface area contributed by atoms with Gasteiger partial charge < -0.3 is 18.4 Å². The lowest BCUT2D eigenvalue weighted by Gasteiger charge is -2.27. The number of fused-ring (bicyclic) bond motifs is 1. The fraction of sp³-hybridized carbons (Fsp3) is 0.265. The molecule has 2 heterocycles. The van der Waals surface area contributed by atoms with E-state index in [-0.39, 0.29) is 28.5 Å². The highest BCUT2D eigenvalue weighted by Gasteiger charge is 2.36. The van der Waals surface area contributed by atoms with Gasteiger partial charge in [0.15, 0.2) is 4.80 Å². The van der Waals surface area contributed by atoms with E-state index in [1.807, 2.05) is 6.92 Å². The molecule has 0 amide bonds. The minimum absolute atomic E-state index is 0.0322. The summed E-state index contributed by atoms with van der Waals surface area (Å²) >= 11 is 1.14. The average molecular weight is 708 g/mol. The number of rotatable bonds is 12. The number of nitro benzene ring substituents is 1. The fourth-order valence-corrected chi connectivity index (χ4v) is 7.33. The van der Waals surface area contributed by atoms with Gasteiger partial charge in [-0.1, -0.05) is 42.9 Å². The molecule has 0 saturated carbocycles. The first-order chi connectivity index (χ1) is 23.4. The highest BCUT2D eigenvalue weighted by atomic mass is 32.2. The number of methoxy groups -OCH3 is 2. The number of esters is 1. The summed E-state index contributed by atoms with van der Waals surface area (Å²) < 4.78 is 49.4. The maximum Gasteiger partial charge on any atom is 0.339 e. The molecule has 0 aliphatic carbocycles. The molecule has 0 N–H and O–H groups in total. The number of carbonyl (C=O) groups is 1. The number of benzene rings is 3. The molecule has 49 heavy (non-hydrogen) atoms. The van der Waals surface area contributed by atoms with E-state index >= 15 is 0 Å². The van der Waals surface area contributed by atoms with Gasteiger partial charge in [-0.05, 0) is 68.3 Å². The zero-order chi connectivity index (χ0) is 35.5. The van der Waals surface area contributed by atoms with Crippen LogP contribution in [0.25, 0.3) is 6.08 Å². The van der Waals surface area contributed by atoms with E-state index in [1.54, 1.807) is 43.3 Å². The first-order valence-electron chi connectivity index (χ1n) is 15.2. The van der Waals surface area contributed by atoms with Crippen LogP contribution >= 0.6 is 11.3 Å². The Morgan fingerprint density at radius 3 is 2.39 bits per heavy atom. The van der Waals surface area contributed by atoms with Gasteiger partial charge >= 0.3 is 16.1 Å². The Hall–Kier alpha value is -5.28. The van der Waals surface area contributed by atoms with Crippen LogP contribution in [0.4, 0.5) is 5.69 Å². The Morgan fingerprint density at radius 1 is 1.04 bits per heavy atom. The van der Waals surface area contributed by atoms with E-state index in [4.69, 9.17) is 23.4 Å². The summed E-state index contributed by atoms with van der Waals surface area (Å²) in [4.78, 5) is 43.1. The van der Waals surface area contributed by atoms with Crippen molar-refractivity contribution in [2.24, 2.45) is 4.99 Å². The highest BCUT2D eigenvalue weighted by Crippen LogP contribution is 2.38. The minimum atomic E-state index is -4.38. The van der Waals surface area contributed by atoms with E-state index < -0.39 is 32.6 Å². The van der Waals surface area contributed by atoms with Gasteiger partial charge in [0.25, 0.3) is 11.2 Å². The molecule has 256 valence electrons. The number of ether oxygens (including phenoxy) is 3. The zero-order valence-electron chi connectivity index (χ0n) is 27.3. The van der Waals surface area contributed by atoms with E-state index in [9.17, 15) is 28.1 Å². The van der Waals surface area contributed by atoms with Gasteiger partial charge in [0.2, 0.25) is 0 Å². The largest absolute Gasteiger partial charge is 0.497 e. The maximum atomic E-state index is 14.1. The average Bonchev–Trinajstić information content (AvgIpc) is 3.38. The van der Waals surface area contributed by atoms with Gasteiger partial charge in [-0.2, -0.15) is 8.42 Å². The van der Waals surface area contributed by atoms with E-state index in [0.29, 0.717) is 56.1 Å². The van der Waals surface area contributed by atoms with Crippen LogP contribution in [0.3, 0.4) is 0 Å². The number of thiazole rings is 1. The Morgan fingerprint density at radius 2 is 1.76 bits per heavy atom. The summed E-state index contributed by atoms with van der Waals surface area (Å²) in [6.07, 6.45) is 2.77. The van der Waals surface area contributed by atoms with Gasteiger partial charge in [-0.25, -0.2) is 9.79 Å². The molecule has 1 atom stereocenters. The number of nitro groups is 1. The predicted octanol–water partition coefficient (Wildman–Crippen LogP) is 4.58. The predicted molar refractivity (Wildman–Crippen MR) is 181 cm³/mol. The molecule has 13 nitrogen and oxygen atoms in total. The Kier molecular flexibility index (Phi) is 10.3. The van der Waals surface area contributed by atoms with Crippen molar-refractivity contribution < 1.29 is 36.5 Å². The number of carbonyl (C=O) groups excluding carboxylic acids is 1. The van der Waals surface area contributed by atoms with Crippen molar-refractivity contribution >= 4 is 39.2 Å². The smallest absolute Gasteiger partial charge is 0.339 e. The Bertz CT molecular complexity index is 2260. The molecule has 15 heteroatoms. The number of hydrogen-bond donors (Lipinski definition) is 0. The van der Waals surface area contributed by atoms with Crippen LogP contribution in [0, 0.1) is 17.0 Å². The second-order valence-corrected chi connectivity index (χ2v) is 13.4. The van der Waals surface area contributed by atoms with E-state index in [1.165, 1.54) is 50.0 Å². The van der Waals surface area contributed by atoms with Gasteiger partial charge in [0, 0.05) is 17.2 Å². The number of aryl methyl sites for hydroxylation is 1. The van der Waals surface area contributed by atoms with Crippen LogP contribution in [0.5, 0.6) is 17.2 Å². The Labute approximate surface area is 285 Å². The van der Waals surface area contributed by atoms with Crippen LogP contribution in [0.1, 0.15) is 49.4 Å². The molecule has 1 aliphatic heterocycles. The second kappa shape index (κ2) is 14.5. The number of aromatic nitrogens is 1. The minimum Gasteiger partial charge on any atom is -0.497 e. The lowest BCUT2D eigenvalue weighted by molar-refractivity contribution is -0.385. The molecular weight excluding hydrogens is 675 g/mol. The first-order valence-corrected chi connectivity index (χ1v) is 17.4.